The standard InChI is InChI=1S/C15H21FN2O2/c1-9-6-11(17)7-12(14(9)16)15(20)18-8-10-4-2-3-5-13(10)19/h6-7,10,13,19H,2-5,8,17H2,1H3,(H,18,20). The summed E-state index contributed by atoms with van der Waals surface area (Å²) in [5, 5.41) is 12.5. The van der Waals surface area contributed by atoms with Crippen LogP contribution in [0.25, 0.3) is 0 Å². The van der Waals surface area contributed by atoms with E-state index in [1.165, 1.54) is 12.1 Å². The van der Waals surface area contributed by atoms with Crippen molar-refractivity contribution in [2.75, 3.05) is 12.3 Å². The molecular formula is C15H21FN2O2. The summed E-state index contributed by atoms with van der Waals surface area (Å²) < 4.78 is 13.9. The summed E-state index contributed by atoms with van der Waals surface area (Å²) in [4.78, 5) is 12.0. The molecule has 0 radical (unpaired) electrons. The van der Waals surface area contributed by atoms with Gasteiger partial charge in [0, 0.05) is 18.2 Å². The highest BCUT2D eigenvalue weighted by atomic mass is 19.1. The van der Waals surface area contributed by atoms with Gasteiger partial charge in [-0.05, 0) is 37.5 Å². The lowest BCUT2D eigenvalue weighted by Gasteiger charge is -2.27. The van der Waals surface area contributed by atoms with E-state index in [9.17, 15) is 14.3 Å². The van der Waals surface area contributed by atoms with Crippen LogP contribution in [0.15, 0.2) is 12.1 Å². The number of aliphatic hydroxyl groups excluding tert-OH is 1. The van der Waals surface area contributed by atoms with E-state index in [2.05, 4.69) is 5.32 Å². The predicted molar refractivity (Wildman–Crippen MR) is 75.8 cm³/mol. The van der Waals surface area contributed by atoms with Crippen molar-refractivity contribution >= 4 is 11.6 Å². The first kappa shape index (κ1) is 14.8. The molecule has 1 aromatic carbocycles. The third-order valence-electron chi connectivity index (χ3n) is 3.92. The van der Waals surface area contributed by atoms with Crippen LogP contribution in [-0.2, 0) is 0 Å². The van der Waals surface area contributed by atoms with Gasteiger partial charge in [0.1, 0.15) is 5.82 Å². The molecule has 20 heavy (non-hydrogen) atoms. The number of hydrogen-bond donors (Lipinski definition) is 3. The fraction of sp³-hybridized carbons (Fsp3) is 0.533. The first-order chi connectivity index (χ1) is 9.49. The summed E-state index contributed by atoms with van der Waals surface area (Å²) >= 11 is 0. The Bertz CT molecular complexity index is 505. The summed E-state index contributed by atoms with van der Waals surface area (Å²) in [5.74, 6) is -0.963. The second kappa shape index (κ2) is 6.22. The molecule has 1 aliphatic carbocycles. The number of amides is 1. The van der Waals surface area contributed by atoms with Crippen LogP contribution in [0.4, 0.5) is 10.1 Å². The zero-order chi connectivity index (χ0) is 14.7. The van der Waals surface area contributed by atoms with E-state index in [1.54, 1.807) is 6.92 Å². The van der Waals surface area contributed by atoms with Crippen molar-refractivity contribution in [3.05, 3.63) is 29.1 Å². The number of aliphatic hydroxyl groups is 1. The van der Waals surface area contributed by atoms with Crippen molar-refractivity contribution < 1.29 is 14.3 Å². The number of benzene rings is 1. The third kappa shape index (κ3) is 3.28. The van der Waals surface area contributed by atoms with Gasteiger partial charge in [0.2, 0.25) is 0 Å². The van der Waals surface area contributed by atoms with Crippen LogP contribution in [-0.4, -0.2) is 23.7 Å². The molecule has 1 fully saturated rings. The quantitative estimate of drug-likeness (QED) is 0.741. The Hall–Kier alpha value is -1.62. The highest BCUT2D eigenvalue weighted by molar-refractivity contribution is 5.95. The van der Waals surface area contributed by atoms with Gasteiger partial charge in [-0.25, -0.2) is 4.39 Å². The van der Waals surface area contributed by atoms with Crippen molar-refractivity contribution in [3.8, 4) is 0 Å². The Labute approximate surface area is 118 Å². The maximum Gasteiger partial charge on any atom is 0.254 e. The second-order valence-corrected chi connectivity index (χ2v) is 5.52. The summed E-state index contributed by atoms with van der Waals surface area (Å²) in [6, 6.07) is 2.84. The normalized spacial score (nSPS) is 22.6. The van der Waals surface area contributed by atoms with Crippen molar-refractivity contribution in [3.63, 3.8) is 0 Å². The molecule has 0 aromatic heterocycles. The van der Waals surface area contributed by atoms with Crippen LogP contribution in [0.3, 0.4) is 0 Å². The number of halogens is 1. The fourth-order valence-corrected chi connectivity index (χ4v) is 2.71. The lowest BCUT2D eigenvalue weighted by Crippen LogP contribution is -2.37. The largest absolute Gasteiger partial charge is 0.399 e. The van der Waals surface area contributed by atoms with Crippen LogP contribution in [0.2, 0.25) is 0 Å². The van der Waals surface area contributed by atoms with Crippen LogP contribution in [0, 0.1) is 18.7 Å². The zero-order valence-corrected chi connectivity index (χ0v) is 11.7. The molecule has 4 N–H and O–H groups in total. The van der Waals surface area contributed by atoms with Gasteiger partial charge in [0.15, 0.2) is 0 Å². The highest BCUT2D eigenvalue weighted by Crippen LogP contribution is 2.24. The molecule has 110 valence electrons. The molecule has 4 nitrogen and oxygen atoms in total. The summed E-state index contributed by atoms with van der Waals surface area (Å²) in [7, 11) is 0. The lowest BCUT2D eigenvalue weighted by molar-refractivity contribution is 0.0662. The van der Waals surface area contributed by atoms with Crippen molar-refractivity contribution in [2.45, 2.75) is 38.7 Å². The smallest absolute Gasteiger partial charge is 0.254 e. The maximum absolute atomic E-state index is 13.9. The molecule has 2 atom stereocenters. The molecule has 0 heterocycles. The van der Waals surface area contributed by atoms with Crippen molar-refractivity contribution in [1.29, 1.82) is 0 Å². The third-order valence-corrected chi connectivity index (χ3v) is 3.92. The molecule has 1 aliphatic rings. The zero-order valence-electron chi connectivity index (χ0n) is 11.7. The monoisotopic (exact) mass is 280 g/mol. The van der Waals surface area contributed by atoms with Gasteiger partial charge in [-0.1, -0.05) is 12.8 Å². The number of carbonyl (C=O) groups is 1. The Morgan fingerprint density at radius 3 is 2.85 bits per heavy atom. The van der Waals surface area contributed by atoms with Crippen LogP contribution >= 0.6 is 0 Å². The molecule has 0 spiro atoms. The number of nitrogen functional groups attached to an aromatic ring is 1. The van der Waals surface area contributed by atoms with Gasteiger partial charge in [0.25, 0.3) is 5.91 Å². The van der Waals surface area contributed by atoms with Gasteiger partial charge in [0.05, 0.1) is 11.7 Å². The first-order valence-corrected chi connectivity index (χ1v) is 7.01. The lowest BCUT2D eigenvalue weighted by atomic mass is 9.86. The Morgan fingerprint density at radius 2 is 2.15 bits per heavy atom. The summed E-state index contributed by atoms with van der Waals surface area (Å²) in [6.45, 7) is 1.95. The van der Waals surface area contributed by atoms with Gasteiger partial charge in [-0.2, -0.15) is 0 Å². The molecule has 0 bridgehead atoms. The first-order valence-electron chi connectivity index (χ1n) is 7.01. The fourth-order valence-electron chi connectivity index (χ4n) is 2.71. The number of nitrogens with one attached hydrogen (secondary N) is 1. The van der Waals surface area contributed by atoms with E-state index in [-0.39, 0.29) is 17.6 Å². The van der Waals surface area contributed by atoms with E-state index >= 15 is 0 Å². The van der Waals surface area contributed by atoms with E-state index in [4.69, 9.17) is 5.73 Å². The molecule has 1 saturated carbocycles. The minimum absolute atomic E-state index is 0.0344. The number of rotatable bonds is 3. The summed E-state index contributed by atoms with van der Waals surface area (Å²) in [6.07, 6.45) is 3.36. The molecule has 1 aromatic rings. The molecular weight excluding hydrogens is 259 g/mol. The molecule has 2 unspecified atom stereocenters. The minimum atomic E-state index is -0.541. The molecule has 1 amide bonds. The van der Waals surface area contributed by atoms with E-state index < -0.39 is 11.7 Å². The van der Waals surface area contributed by atoms with E-state index in [0.717, 1.165) is 25.7 Å². The SMILES string of the molecule is Cc1cc(N)cc(C(=O)NCC2CCCCC2O)c1F. The molecule has 0 saturated heterocycles. The van der Waals surface area contributed by atoms with Crippen LogP contribution < -0.4 is 11.1 Å². The highest BCUT2D eigenvalue weighted by Gasteiger charge is 2.24. The topological polar surface area (TPSA) is 75.4 Å². The minimum Gasteiger partial charge on any atom is -0.399 e. The van der Waals surface area contributed by atoms with Gasteiger partial charge in [-0.15, -0.1) is 0 Å². The number of anilines is 1. The average Bonchev–Trinajstić information content (AvgIpc) is 2.41. The van der Waals surface area contributed by atoms with Crippen LogP contribution in [0.1, 0.15) is 41.6 Å². The predicted octanol–water partition coefficient (Wildman–Crippen LogP) is 2.00. The Kier molecular flexibility index (Phi) is 4.60. The van der Waals surface area contributed by atoms with Gasteiger partial charge in [-0.3, -0.25) is 4.79 Å². The molecule has 0 aliphatic heterocycles. The van der Waals surface area contributed by atoms with Gasteiger partial charge < -0.3 is 16.2 Å². The van der Waals surface area contributed by atoms with E-state index in [0.29, 0.717) is 17.8 Å². The van der Waals surface area contributed by atoms with E-state index in [1.807, 2.05) is 0 Å². The van der Waals surface area contributed by atoms with Crippen molar-refractivity contribution in [2.24, 2.45) is 5.92 Å². The average molecular weight is 280 g/mol. The number of nitrogens with two attached hydrogens (primary N) is 1. The Morgan fingerprint density at radius 1 is 1.45 bits per heavy atom. The molecule has 5 heteroatoms. The molecule has 2 rings (SSSR count). The van der Waals surface area contributed by atoms with Gasteiger partial charge >= 0.3 is 0 Å². The number of hydrogen-bond acceptors (Lipinski definition) is 3. The summed E-state index contributed by atoms with van der Waals surface area (Å²) in [5.41, 5.74) is 6.33. The number of aryl methyl sites for hydroxylation is 1. The maximum atomic E-state index is 13.9. The van der Waals surface area contributed by atoms with Crippen LogP contribution in [0.5, 0.6) is 0 Å². The van der Waals surface area contributed by atoms with Crippen molar-refractivity contribution in [1.82, 2.24) is 5.32 Å². The second-order valence-electron chi connectivity index (χ2n) is 5.52. The number of carbonyl (C=O) groups excluding carboxylic acids is 1. The Balaban J connectivity index is 2.01.